The number of guanidine groups is 1. The van der Waals surface area contributed by atoms with E-state index >= 15 is 0 Å². The number of halogens is 1. The van der Waals surface area contributed by atoms with Gasteiger partial charge in [0.2, 0.25) is 0 Å². The number of ether oxygens (including phenoxy) is 2. The Balaban J connectivity index is 1.31. The average Bonchev–Trinajstić information content (AvgIpc) is 2.78. The number of rotatable bonds is 8. The highest BCUT2D eigenvalue weighted by atomic mass is 19.1. The number of hydrogen-bond donors (Lipinski definition) is 1. The molecular weight excluding hydrogens is 383 g/mol. The monoisotopic (exact) mass is 420 g/mol. The Labute approximate surface area is 180 Å². The molecule has 0 saturated carbocycles. The van der Waals surface area contributed by atoms with Crippen LogP contribution in [-0.2, 0) is 16.0 Å². The fourth-order valence-corrected chi connectivity index (χ4v) is 4.09. The van der Waals surface area contributed by atoms with E-state index in [1.807, 2.05) is 19.2 Å². The third-order valence-electron chi connectivity index (χ3n) is 5.89. The van der Waals surface area contributed by atoms with Crippen LogP contribution < -0.4 is 5.32 Å². The van der Waals surface area contributed by atoms with Gasteiger partial charge in [0, 0.05) is 46.4 Å². The molecule has 2 aliphatic rings. The van der Waals surface area contributed by atoms with Crippen LogP contribution in [0.15, 0.2) is 29.3 Å². The van der Waals surface area contributed by atoms with Crippen LogP contribution in [0.4, 0.5) is 4.39 Å². The molecule has 2 fully saturated rings. The molecule has 168 valence electrons. The normalized spacial score (nSPS) is 21.3. The van der Waals surface area contributed by atoms with Crippen LogP contribution >= 0.6 is 0 Å². The summed E-state index contributed by atoms with van der Waals surface area (Å²) in [6.07, 6.45) is 6.24. The molecule has 7 heteroatoms. The van der Waals surface area contributed by atoms with Crippen molar-refractivity contribution in [3.8, 4) is 0 Å². The van der Waals surface area contributed by atoms with Crippen LogP contribution in [0.1, 0.15) is 37.7 Å². The van der Waals surface area contributed by atoms with E-state index in [2.05, 4.69) is 27.2 Å². The molecular formula is C23H37FN4O2. The molecule has 0 spiro atoms. The van der Waals surface area contributed by atoms with E-state index in [1.54, 1.807) is 0 Å². The summed E-state index contributed by atoms with van der Waals surface area (Å²) in [6, 6.07) is 6.70. The lowest BCUT2D eigenvalue weighted by Crippen LogP contribution is -2.48. The lowest BCUT2D eigenvalue weighted by atomic mass is 10.1. The van der Waals surface area contributed by atoms with E-state index < -0.39 is 0 Å². The highest BCUT2D eigenvalue weighted by Gasteiger charge is 2.23. The minimum atomic E-state index is -0.191. The fourth-order valence-electron chi connectivity index (χ4n) is 4.09. The second kappa shape index (κ2) is 12.2. The van der Waals surface area contributed by atoms with Crippen molar-refractivity contribution in [3.63, 3.8) is 0 Å². The first-order valence-electron chi connectivity index (χ1n) is 11.3. The predicted octanol–water partition coefficient (Wildman–Crippen LogP) is 2.88. The number of nitrogens with one attached hydrogen (secondary N) is 1. The molecule has 3 rings (SSSR count). The Morgan fingerprint density at radius 2 is 2.00 bits per heavy atom. The third-order valence-corrected chi connectivity index (χ3v) is 5.89. The Morgan fingerprint density at radius 3 is 2.67 bits per heavy atom. The molecule has 0 radical (unpaired) electrons. The Bertz CT molecular complexity index is 641. The van der Waals surface area contributed by atoms with Crippen molar-refractivity contribution in [1.82, 2.24) is 15.1 Å². The summed E-state index contributed by atoms with van der Waals surface area (Å²) in [6.45, 7) is 6.04. The zero-order valence-corrected chi connectivity index (χ0v) is 18.5. The first kappa shape index (κ1) is 23.0. The highest BCUT2D eigenvalue weighted by Crippen LogP contribution is 2.18. The number of benzene rings is 1. The Morgan fingerprint density at radius 1 is 1.23 bits per heavy atom. The van der Waals surface area contributed by atoms with Gasteiger partial charge in [0.1, 0.15) is 5.82 Å². The SMILES string of the molecule is CN=C(NCCN(C)Cc1ccc(F)cc1)N1CCC(OCC2CCCCO2)CC1. The molecule has 2 aliphatic heterocycles. The summed E-state index contributed by atoms with van der Waals surface area (Å²) in [5.41, 5.74) is 1.11. The highest BCUT2D eigenvalue weighted by molar-refractivity contribution is 5.79. The molecule has 2 heterocycles. The van der Waals surface area contributed by atoms with Crippen LogP contribution in [0.2, 0.25) is 0 Å². The van der Waals surface area contributed by atoms with Crippen molar-refractivity contribution in [2.75, 3.05) is 53.5 Å². The van der Waals surface area contributed by atoms with Crippen molar-refractivity contribution in [3.05, 3.63) is 35.6 Å². The molecule has 1 atom stereocenters. The molecule has 0 bridgehead atoms. The topological polar surface area (TPSA) is 49.3 Å². The smallest absolute Gasteiger partial charge is 0.193 e. The zero-order valence-electron chi connectivity index (χ0n) is 18.5. The van der Waals surface area contributed by atoms with Gasteiger partial charge < -0.3 is 24.6 Å². The first-order chi connectivity index (χ1) is 14.6. The van der Waals surface area contributed by atoms with Crippen LogP contribution in [-0.4, -0.2) is 81.5 Å². The van der Waals surface area contributed by atoms with Crippen molar-refractivity contribution < 1.29 is 13.9 Å². The Kier molecular flexibility index (Phi) is 9.36. The summed E-state index contributed by atoms with van der Waals surface area (Å²) in [5.74, 6) is 0.766. The predicted molar refractivity (Wildman–Crippen MR) is 118 cm³/mol. The fraction of sp³-hybridized carbons (Fsp3) is 0.696. The summed E-state index contributed by atoms with van der Waals surface area (Å²) in [7, 11) is 3.92. The van der Waals surface area contributed by atoms with Crippen molar-refractivity contribution >= 4 is 5.96 Å². The summed E-state index contributed by atoms with van der Waals surface area (Å²) in [4.78, 5) is 9.00. The molecule has 6 nitrogen and oxygen atoms in total. The second-order valence-corrected chi connectivity index (χ2v) is 8.35. The van der Waals surface area contributed by atoms with Gasteiger partial charge >= 0.3 is 0 Å². The molecule has 0 amide bonds. The quantitative estimate of drug-likeness (QED) is 0.518. The van der Waals surface area contributed by atoms with Crippen LogP contribution in [0.5, 0.6) is 0 Å². The average molecular weight is 421 g/mol. The molecule has 1 aromatic rings. The Hall–Kier alpha value is -1.70. The minimum Gasteiger partial charge on any atom is -0.376 e. The van der Waals surface area contributed by atoms with E-state index in [0.717, 1.165) is 76.7 Å². The minimum absolute atomic E-state index is 0.191. The number of hydrogen-bond acceptors (Lipinski definition) is 4. The molecule has 30 heavy (non-hydrogen) atoms. The summed E-state index contributed by atoms with van der Waals surface area (Å²) >= 11 is 0. The van der Waals surface area contributed by atoms with Gasteiger partial charge in [-0.1, -0.05) is 12.1 Å². The number of piperidine rings is 1. The zero-order chi connectivity index (χ0) is 21.2. The maximum absolute atomic E-state index is 13.0. The van der Waals surface area contributed by atoms with Crippen molar-refractivity contribution in [1.29, 1.82) is 0 Å². The van der Waals surface area contributed by atoms with E-state index in [0.29, 0.717) is 6.10 Å². The van der Waals surface area contributed by atoms with Crippen LogP contribution in [0.25, 0.3) is 0 Å². The lowest BCUT2D eigenvalue weighted by molar-refractivity contribution is -0.0721. The summed E-state index contributed by atoms with van der Waals surface area (Å²) < 4.78 is 24.9. The second-order valence-electron chi connectivity index (χ2n) is 8.35. The largest absolute Gasteiger partial charge is 0.376 e. The molecule has 2 saturated heterocycles. The van der Waals surface area contributed by atoms with Gasteiger partial charge in [0.15, 0.2) is 5.96 Å². The van der Waals surface area contributed by atoms with Gasteiger partial charge in [-0.25, -0.2) is 4.39 Å². The molecule has 0 aliphatic carbocycles. The van der Waals surface area contributed by atoms with Crippen LogP contribution in [0, 0.1) is 5.82 Å². The molecule has 1 aromatic carbocycles. The number of nitrogens with zero attached hydrogens (tertiary/aromatic N) is 3. The number of likely N-dealkylation sites (tertiary alicyclic amines) is 1. The van der Waals surface area contributed by atoms with E-state index in [4.69, 9.17) is 9.47 Å². The van der Waals surface area contributed by atoms with E-state index in [1.165, 1.54) is 25.0 Å². The lowest BCUT2D eigenvalue weighted by Gasteiger charge is -2.35. The standard InChI is InChI=1S/C23H37FN4O2/c1-25-23(26-12-15-27(2)17-19-6-8-20(24)9-7-19)28-13-10-21(11-14-28)30-18-22-5-3-4-16-29-22/h6-9,21-22H,3-5,10-18H2,1-2H3,(H,25,26). The number of likely N-dealkylation sites (N-methyl/N-ethyl adjacent to an activating group) is 1. The molecule has 1 N–H and O–H groups in total. The van der Waals surface area contributed by atoms with E-state index in [-0.39, 0.29) is 11.9 Å². The summed E-state index contributed by atoms with van der Waals surface area (Å²) in [5, 5.41) is 3.48. The third kappa shape index (κ3) is 7.52. The number of aliphatic imine (C=N–C) groups is 1. The van der Waals surface area contributed by atoms with Gasteiger partial charge in [-0.3, -0.25) is 4.99 Å². The van der Waals surface area contributed by atoms with Gasteiger partial charge in [0.25, 0.3) is 0 Å². The maximum Gasteiger partial charge on any atom is 0.193 e. The van der Waals surface area contributed by atoms with E-state index in [9.17, 15) is 4.39 Å². The van der Waals surface area contributed by atoms with Gasteiger partial charge in [-0.05, 0) is 56.8 Å². The van der Waals surface area contributed by atoms with Crippen LogP contribution in [0.3, 0.4) is 0 Å². The first-order valence-corrected chi connectivity index (χ1v) is 11.3. The van der Waals surface area contributed by atoms with Gasteiger partial charge in [0.05, 0.1) is 18.8 Å². The van der Waals surface area contributed by atoms with Crippen molar-refractivity contribution in [2.45, 2.75) is 50.9 Å². The van der Waals surface area contributed by atoms with Gasteiger partial charge in [-0.2, -0.15) is 0 Å². The molecule has 1 unspecified atom stereocenters. The molecule has 0 aromatic heterocycles. The van der Waals surface area contributed by atoms with Crippen molar-refractivity contribution in [2.24, 2.45) is 4.99 Å². The maximum atomic E-state index is 13.0. The van der Waals surface area contributed by atoms with Gasteiger partial charge in [-0.15, -0.1) is 0 Å².